The molecule has 3 atom stereocenters. The number of fused-ring (bicyclic) bond motifs is 1. The molecule has 1 aliphatic heterocycles. The molecule has 0 spiro atoms. The number of halogens is 1. The Kier molecular flexibility index (Phi) is 5.63. The maximum atomic E-state index is 13.6. The molecule has 2 fully saturated rings. The lowest BCUT2D eigenvalue weighted by Gasteiger charge is -2.33. The van der Waals surface area contributed by atoms with Gasteiger partial charge < -0.3 is 4.90 Å². The van der Waals surface area contributed by atoms with Crippen LogP contribution in [-0.2, 0) is 0 Å². The van der Waals surface area contributed by atoms with E-state index in [9.17, 15) is 4.79 Å². The van der Waals surface area contributed by atoms with E-state index in [1.54, 1.807) is 0 Å². The Bertz CT molecular complexity index is 822. The van der Waals surface area contributed by atoms with Gasteiger partial charge in [0, 0.05) is 23.2 Å². The summed E-state index contributed by atoms with van der Waals surface area (Å²) < 4.78 is 0. The fourth-order valence-corrected chi connectivity index (χ4v) is 5.21. The van der Waals surface area contributed by atoms with Crippen molar-refractivity contribution in [3.63, 3.8) is 0 Å². The molecular formula is C24H29ClN2O. The lowest BCUT2D eigenvalue weighted by molar-refractivity contribution is 0.189. The third kappa shape index (κ3) is 3.65. The number of urea groups is 1. The number of amides is 2. The van der Waals surface area contributed by atoms with E-state index < -0.39 is 0 Å². The summed E-state index contributed by atoms with van der Waals surface area (Å²) in [6.07, 6.45) is 4.52. The molecule has 2 aliphatic rings. The van der Waals surface area contributed by atoms with Crippen LogP contribution in [0.1, 0.15) is 51.0 Å². The summed E-state index contributed by atoms with van der Waals surface area (Å²) in [7, 11) is 0. The van der Waals surface area contributed by atoms with E-state index in [-0.39, 0.29) is 18.1 Å². The second-order valence-electron chi connectivity index (χ2n) is 8.54. The Labute approximate surface area is 173 Å². The molecular weight excluding hydrogens is 368 g/mol. The summed E-state index contributed by atoms with van der Waals surface area (Å²) in [6, 6.07) is 19.0. The SMILES string of the molecule is CC(C)CN1C(=O)N(c2ccccc2)[C@@H]2[C@H](c3cccc(Cl)c3)CCCC[C@@H]21. The first-order valence-electron chi connectivity index (χ1n) is 10.5. The van der Waals surface area contributed by atoms with Crippen LogP contribution in [0.15, 0.2) is 54.6 Å². The van der Waals surface area contributed by atoms with E-state index in [1.807, 2.05) is 30.3 Å². The van der Waals surface area contributed by atoms with E-state index in [1.165, 1.54) is 18.4 Å². The number of nitrogens with zero attached hydrogens (tertiary/aromatic N) is 2. The first-order chi connectivity index (χ1) is 13.6. The molecule has 1 heterocycles. The Morgan fingerprint density at radius 3 is 2.50 bits per heavy atom. The number of carbonyl (C=O) groups excluding carboxylic acids is 1. The van der Waals surface area contributed by atoms with Gasteiger partial charge in [0.1, 0.15) is 0 Å². The maximum absolute atomic E-state index is 13.6. The van der Waals surface area contributed by atoms with Crippen LogP contribution < -0.4 is 4.90 Å². The molecule has 0 bridgehead atoms. The molecule has 0 N–H and O–H groups in total. The number of benzene rings is 2. The molecule has 1 aliphatic carbocycles. The molecule has 4 rings (SSSR count). The highest BCUT2D eigenvalue weighted by molar-refractivity contribution is 6.30. The van der Waals surface area contributed by atoms with Crippen LogP contribution in [0.2, 0.25) is 5.02 Å². The fraction of sp³-hybridized carbons (Fsp3) is 0.458. The molecule has 0 aromatic heterocycles. The standard InChI is InChI=1S/C24H29ClN2O/c1-17(2)16-26-22-14-7-6-13-21(18-9-8-10-19(25)15-18)23(22)27(24(26)28)20-11-4-3-5-12-20/h3-5,8-12,15,17,21-23H,6-7,13-14,16H2,1-2H3/t21-,22-,23+/m0/s1. The van der Waals surface area contributed by atoms with Crippen LogP contribution in [0.4, 0.5) is 10.5 Å². The summed E-state index contributed by atoms with van der Waals surface area (Å²) in [4.78, 5) is 17.8. The number of rotatable bonds is 4. The van der Waals surface area contributed by atoms with Crippen molar-refractivity contribution in [1.82, 2.24) is 4.90 Å². The second kappa shape index (κ2) is 8.16. The predicted octanol–water partition coefficient (Wildman–Crippen LogP) is 6.33. The van der Waals surface area contributed by atoms with Crippen molar-refractivity contribution in [2.45, 2.75) is 57.5 Å². The number of anilines is 1. The third-order valence-electron chi connectivity index (χ3n) is 6.09. The maximum Gasteiger partial charge on any atom is 0.325 e. The average Bonchev–Trinajstić information content (AvgIpc) is 2.83. The van der Waals surface area contributed by atoms with Gasteiger partial charge in [0.05, 0.1) is 12.1 Å². The van der Waals surface area contributed by atoms with Crippen molar-refractivity contribution >= 4 is 23.3 Å². The summed E-state index contributed by atoms with van der Waals surface area (Å²) in [5.74, 6) is 0.751. The summed E-state index contributed by atoms with van der Waals surface area (Å²) in [6.45, 7) is 5.20. The molecule has 1 saturated heterocycles. The van der Waals surface area contributed by atoms with Crippen LogP contribution in [0.25, 0.3) is 0 Å². The first kappa shape index (κ1) is 19.3. The summed E-state index contributed by atoms with van der Waals surface area (Å²) >= 11 is 6.34. The van der Waals surface area contributed by atoms with Gasteiger partial charge in [0.2, 0.25) is 0 Å². The first-order valence-corrected chi connectivity index (χ1v) is 10.8. The number of hydrogen-bond acceptors (Lipinski definition) is 1. The minimum Gasteiger partial charge on any atom is -0.319 e. The predicted molar refractivity (Wildman–Crippen MR) is 116 cm³/mol. The lowest BCUT2D eigenvalue weighted by atomic mass is 9.85. The van der Waals surface area contributed by atoms with Crippen LogP contribution in [0.3, 0.4) is 0 Å². The molecule has 2 aromatic carbocycles. The molecule has 3 nitrogen and oxygen atoms in total. The van der Waals surface area contributed by atoms with Gasteiger partial charge >= 0.3 is 6.03 Å². The zero-order valence-corrected chi connectivity index (χ0v) is 17.5. The van der Waals surface area contributed by atoms with Gasteiger partial charge in [0.25, 0.3) is 0 Å². The lowest BCUT2D eigenvalue weighted by Crippen LogP contribution is -2.41. The van der Waals surface area contributed by atoms with Crippen LogP contribution >= 0.6 is 11.6 Å². The average molecular weight is 397 g/mol. The quantitative estimate of drug-likeness (QED) is 0.592. The molecule has 0 radical (unpaired) electrons. The fourth-order valence-electron chi connectivity index (χ4n) is 5.01. The van der Waals surface area contributed by atoms with Gasteiger partial charge in [-0.3, -0.25) is 4.90 Å². The van der Waals surface area contributed by atoms with Gasteiger partial charge in [0.15, 0.2) is 0 Å². The minimum atomic E-state index is 0.148. The zero-order chi connectivity index (χ0) is 19.7. The van der Waals surface area contributed by atoms with E-state index in [0.717, 1.165) is 30.1 Å². The molecule has 0 unspecified atom stereocenters. The van der Waals surface area contributed by atoms with Crippen molar-refractivity contribution in [3.05, 3.63) is 65.2 Å². The van der Waals surface area contributed by atoms with Crippen molar-refractivity contribution in [2.75, 3.05) is 11.4 Å². The Morgan fingerprint density at radius 1 is 1.04 bits per heavy atom. The molecule has 28 heavy (non-hydrogen) atoms. The summed E-state index contributed by atoms with van der Waals surface area (Å²) in [5, 5.41) is 0.771. The van der Waals surface area contributed by atoms with Crippen LogP contribution in [0.5, 0.6) is 0 Å². The largest absolute Gasteiger partial charge is 0.325 e. The van der Waals surface area contributed by atoms with E-state index in [0.29, 0.717) is 11.8 Å². The highest BCUT2D eigenvalue weighted by atomic mass is 35.5. The molecule has 2 aromatic rings. The molecule has 4 heteroatoms. The number of para-hydroxylation sites is 1. The van der Waals surface area contributed by atoms with Gasteiger partial charge in [-0.15, -0.1) is 0 Å². The smallest absolute Gasteiger partial charge is 0.319 e. The van der Waals surface area contributed by atoms with Crippen molar-refractivity contribution in [1.29, 1.82) is 0 Å². The Morgan fingerprint density at radius 2 is 1.79 bits per heavy atom. The Hall–Kier alpha value is -2.00. The molecule has 2 amide bonds. The zero-order valence-electron chi connectivity index (χ0n) is 16.7. The van der Waals surface area contributed by atoms with Crippen LogP contribution in [0, 0.1) is 5.92 Å². The van der Waals surface area contributed by atoms with E-state index >= 15 is 0 Å². The highest BCUT2D eigenvalue weighted by Crippen LogP contribution is 2.44. The van der Waals surface area contributed by atoms with Crippen LogP contribution in [-0.4, -0.2) is 29.6 Å². The summed E-state index contributed by atoms with van der Waals surface area (Å²) in [5.41, 5.74) is 2.26. The Balaban J connectivity index is 1.80. The van der Waals surface area contributed by atoms with Gasteiger partial charge in [-0.05, 0) is 48.6 Å². The highest BCUT2D eigenvalue weighted by Gasteiger charge is 2.50. The van der Waals surface area contributed by atoms with Gasteiger partial charge in [-0.1, -0.05) is 68.6 Å². The minimum absolute atomic E-state index is 0.148. The second-order valence-corrected chi connectivity index (χ2v) is 8.97. The van der Waals surface area contributed by atoms with Gasteiger partial charge in [-0.25, -0.2) is 4.79 Å². The number of carbonyl (C=O) groups is 1. The van der Waals surface area contributed by atoms with E-state index in [2.05, 4.69) is 47.9 Å². The van der Waals surface area contributed by atoms with Crippen molar-refractivity contribution in [2.24, 2.45) is 5.92 Å². The topological polar surface area (TPSA) is 23.6 Å². The van der Waals surface area contributed by atoms with Gasteiger partial charge in [-0.2, -0.15) is 0 Å². The van der Waals surface area contributed by atoms with E-state index in [4.69, 9.17) is 11.6 Å². The van der Waals surface area contributed by atoms with Crippen molar-refractivity contribution in [3.8, 4) is 0 Å². The normalized spacial score (nSPS) is 25.1. The molecule has 1 saturated carbocycles. The number of hydrogen-bond donors (Lipinski definition) is 0. The third-order valence-corrected chi connectivity index (χ3v) is 6.33. The monoisotopic (exact) mass is 396 g/mol. The molecule has 148 valence electrons. The van der Waals surface area contributed by atoms with Crippen molar-refractivity contribution < 1.29 is 4.79 Å².